The molecule has 6 nitrogen and oxygen atoms in total. The molecule has 0 saturated carbocycles. The van der Waals surface area contributed by atoms with Gasteiger partial charge < -0.3 is 4.74 Å². The number of thiophene rings is 1. The summed E-state index contributed by atoms with van der Waals surface area (Å²) in [6.07, 6.45) is -0.846. The Balaban J connectivity index is 1.97. The molecule has 1 heterocycles. The number of hydrazine groups is 1. The van der Waals surface area contributed by atoms with Gasteiger partial charge in [-0.1, -0.05) is 18.2 Å². The third-order valence-corrected chi connectivity index (χ3v) is 5.94. The zero-order valence-corrected chi connectivity index (χ0v) is 14.6. The summed E-state index contributed by atoms with van der Waals surface area (Å²) in [6, 6.07) is 8.62. The minimum Gasteiger partial charge on any atom is -0.481 e. The van der Waals surface area contributed by atoms with E-state index in [9.17, 15) is 13.2 Å². The van der Waals surface area contributed by atoms with Crippen LogP contribution in [0, 0.1) is 13.8 Å². The van der Waals surface area contributed by atoms with Crippen LogP contribution >= 0.6 is 11.3 Å². The Labute approximate surface area is 139 Å². The zero-order valence-electron chi connectivity index (χ0n) is 13.0. The number of hydrogen-bond acceptors (Lipinski definition) is 5. The maximum absolute atomic E-state index is 12.0. The fourth-order valence-electron chi connectivity index (χ4n) is 1.78. The van der Waals surface area contributed by atoms with Crippen LogP contribution in [0.1, 0.15) is 18.1 Å². The van der Waals surface area contributed by atoms with E-state index in [0.717, 1.165) is 22.5 Å². The standard InChI is InChI=1S/C15H18N2O4S2/c1-10-6-4-7-13(11(10)2)21-12(3)15(18)16-17-23(19,20)14-8-5-9-22-14/h4-9,12,17H,1-3H3,(H,16,18)/t12-/m0/s1. The SMILES string of the molecule is Cc1cccc(O[C@@H](C)C(=O)NNS(=O)(=O)c2cccs2)c1C. The molecule has 1 aromatic carbocycles. The average Bonchev–Trinajstić information content (AvgIpc) is 3.04. The van der Waals surface area contributed by atoms with Gasteiger partial charge in [0.2, 0.25) is 0 Å². The summed E-state index contributed by atoms with van der Waals surface area (Å²) in [4.78, 5) is 14.1. The van der Waals surface area contributed by atoms with Crippen LogP contribution in [0.25, 0.3) is 0 Å². The second-order valence-corrected chi connectivity index (χ2v) is 7.84. The molecule has 1 amide bonds. The highest BCUT2D eigenvalue weighted by Gasteiger charge is 2.20. The van der Waals surface area contributed by atoms with Gasteiger partial charge in [0.15, 0.2) is 6.10 Å². The van der Waals surface area contributed by atoms with E-state index >= 15 is 0 Å². The summed E-state index contributed by atoms with van der Waals surface area (Å²) in [5, 5.41) is 1.64. The number of hydrogen-bond donors (Lipinski definition) is 2. The van der Waals surface area contributed by atoms with Gasteiger partial charge in [0.05, 0.1) is 0 Å². The Hall–Kier alpha value is -1.90. The smallest absolute Gasteiger partial charge is 0.275 e. The topological polar surface area (TPSA) is 84.5 Å². The second kappa shape index (κ2) is 7.12. The maximum atomic E-state index is 12.0. The number of sulfonamides is 1. The lowest BCUT2D eigenvalue weighted by atomic mass is 10.1. The van der Waals surface area contributed by atoms with Gasteiger partial charge in [0.1, 0.15) is 9.96 Å². The summed E-state index contributed by atoms with van der Waals surface area (Å²) in [5.74, 6) is 0.0137. The fraction of sp³-hybridized carbons (Fsp3) is 0.267. The Bertz CT molecular complexity index is 786. The lowest BCUT2D eigenvalue weighted by molar-refractivity contribution is -0.127. The monoisotopic (exact) mass is 354 g/mol. The quantitative estimate of drug-likeness (QED) is 0.779. The molecule has 23 heavy (non-hydrogen) atoms. The molecular weight excluding hydrogens is 336 g/mol. The number of benzene rings is 1. The van der Waals surface area contributed by atoms with Crippen LogP contribution in [0.4, 0.5) is 0 Å². The molecular formula is C15H18N2O4S2. The minimum absolute atomic E-state index is 0.126. The van der Waals surface area contributed by atoms with Crippen molar-refractivity contribution in [1.82, 2.24) is 10.3 Å². The lowest BCUT2D eigenvalue weighted by Crippen LogP contribution is -2.46. The van der Waals surface area contributed by atoms with Crippen molar-refractivity contribution in [2.45, 2.75) is 31.1 Å². The van der Waals surface area contributed by atoms with Crippen molar-refractivity contribution in [1.29, 1.82) is 0 Å². The van der Waals surface area contributed by atoms with E-state index in [0.29, 0.717) is 5.75 Å². The largest absolute Gasteiger partial charge is 0.481 e. The first-order valence-electron chi connectivity index (χ1n) is 6.89. The predicted molar refractivity (Wildman–Crippen MR) is 88.8 cm³/mol. The Kier molecular flexibility index (Phi) is 5.40. The molecule has 1 atom stereocenters. The van der Waals surface area contributed by atoms with Gasteiger partial charge in [0, 0.05) is 0 Å². The first kappa shape index (κ1) is 17.5. The summed E-state index contributed by atoms with van der Waals surface area (Å²) in [7, 11) is -3.75. The first-order valence-corrected chi connectivity index (χ1v) is 9.25. The molecule has 0 aliphatic carbocycles. The highest BCUT2D eigenvalue weighted by Crippen LogP contribution is 2.21. The van der Waals surface area contributed by atoms with E-state index in [2.05, 4.69) is 10.3 Å². The van der Waals surface area contributed by atoms with E-state index in [4.69, 9.17) is 4.74 Å². The molecule has 1 aromatic heterocycles. The van der Waals surface area contributed by atoms with E-state index in [1.807, 2.05) is 26.0 Å². The molecule has 0 fully saturated rings. The number of amides is 1. The first-order chi connectivity index (χ1) is 10.8. The van der Waals surface area contributed by atoms with Crippen LogP contribution < -0.4 is 15.0 Å². The summed E-state index contributed by atoms with van der Waals surface area (Å²) in [5.41, 5.74) is 4.16. The fourth-order valence-corrected chi connectivity index (χ4v) is 3.62. The van der Waals surface area contributed by atoms with Crippen LogP contribution in [0.3, 0.4) is 0 Å². The van der Waals surface area contributed by atoms with Crippen LogP contribution in [-0.4, -0.2) is 20.4 Å². The van der Waals surface area contributed by atoms with Gasteiger partial charge in [0.25, 0.3) is 15.9 Å². The Morgan fingerprint density at radius 1 is 1.22 bits per heavy atom. The van der Waals surface area contributed by atoms with Crippen molar-refractivity contribution in [2.24, 2.45) is 0 Å². The number of carbonyl (C=O) groups excluding carboxylic acids is 1. The number of aryl methyl sites for hydroxylation is 1. The van der Waals surface area contributed by atoms with Crippen molar-refractivity contribution < 1.29 is 17.9 Å². The van der Waals surface area contributed by atoms with Gasteiger partial charge in [-0.3, -0.25) is 10.2 Å². The van der Waals surface area contributed by atoms with E-state index in [1.54, 1.807) is 24.4 Å². The number of ether oxygens (including phenoxy) is 1. The molecule has 2 aromatic rings. The molecule has 0 aliphatic rings. The van der Waals surface area contributed by atoms with Crippen LogP contribution in [0.2, 0.25) is 0 Å². The van der Waals surface area contributed by atoms with E-state index in [1.165, 1.54) is 6.07 Å². The molecule has 0 unspecified atom stereocenters. The third-order valence-electron chi connectivity index (χ3n) is 3.30. The van der Waals surface area contributed by atoms with Crippen molar-refractivity contribution in [2.75, 3.05) is 0 Å². The van der Waals surface area contributed by atoms with Gasteiger partial charge in [-0.05, 0) is 49.4 Å². The average molecular weight is 354 g/mol. The van der Waals surface area contributed by atoms with Gasteiger partial charge in [-0.15, -0.1) is 16.2 Å². The molecule has 0 aliphatic heterocycles. The van der Waals surface area contributed by atoms with E-state index in [-0.39, 0.29) is 4.21 Å². The molecule has 0 radical (unpaired) electrons. The highest BCUT2D eigenvalue weighted by molar-refractivity contribution is 7.91. The van der Waals surface area contributed by atoms with Crippen LogP contribution in [0.15, 0.2) is 39.9 Å². The molecule has 2 N–H and O–H groups in total. The number of nitrogens with one attached hydrogen (secondary N) is 2. The number of rotatable bonds is 6. The van der Waals surface area contributed by atoms with Crippen LogP contribution in [0.5, 0.6) is 5.75 Å². The van der Waals surface area contributed by atoms with Crippen molar-refractivity contribution in [3.8, 4) is 5.75 Å². The molecule has 8 heteroatoms. The molecule has 0 bridgehead atoms. The highest BCUT2D eigenvalue weighted by atomic mass is 32.2. The molecule has 2 rings (SSSR count). The van der Waals surface area contributed by atoms with Crippen LogP contribution in [-0.2, 0) is 14.8 Å². The summed E-state index contributed by atoms with van der Waals surface area (Å²) < 4.78 is 29.6. The minimum atomic E-state index is -3.75. The Morgan fingerprint density at radius 3 is 2.61 bits per heavy atom. The van der Waals surface area contributed by atoms with Crippen molar-refractivity contribution in [3.63, 3.8) is 0 Å². The van der Waals surface area contributed by atoms with Gasteiger partial charge >= 0.3 is 0 Å². The second-order valence-electron chi connectivity index (χ2n) is 4.98. The number of carbonyl (C=O) groups is 1. The summed E-state index contributed by atoms with van der Waals surface area (Å²) in [6.45, 7) is 5.40. The van der Waals surface area contributed by atoms with Gasteiger partial charge in [-0.2, -0.15) is 0 Å². The molecule has 0 saturated heterocycles. The normalized spacial score (nSPS) is 12.7. The molecule has 0 spiro atoms. The molecule has 124 valence electrons. The van der Waals surface area contributed by atoms with Crippen molar-refractivity contribution >= 4 is 27.3 Å². The van der Waals surface area contributed by atoms with Gasteiger partial charge in [-0.25, -0.2) is 8.42 Å². The van der Waals surface area contributed by atoms with E-state index < -0.39 is 22.0 Å². The summed E-state index contributed by atoms with van der Waals surface area (Å²) >= 11 is 1.06. The van der Waals surface area contributed by atoms with Crippen molar-refractivity contribution in [3.05, 3.63) is 46.8 Å². The lowest BCUT2D eigenvalue weighted by Gasteiger charge is -2.17. The Morgan fingerprint density at radius 2 is 1.96 bits per heavy atom. The third kappa shape index (κ3) is 4.31. The zero-order chi connectivity index (χ0) is 17.0. The maximum Gasteiger partial charge on any atom is 0.275 e. The predicted octanol–water partition coefficient (Wildman–Crippen LogP) is 2.14.